The number of primary amides is 1. The summed E-state index contributed by atoms with van der Waals surface area (Å²) in [6.07, 6.45) is 2.77. The molecule has 0 aliphatic rings. The highest BCUT2D eigenvalue weighted by atomic mass is 16.4. The van der Waals surface area contributed by atoms with E-state index in [4.69, 9.17) is 10.8 Å². The monoisotopic (exact) mass is 260 g/mol. The minimum atomic E-state index is -1.34. The number of aliphatic carboxylic acids is 1. The summed E-state index contributed by atoms with van der Waals surface area (Å²) < 4.78 is 0. The van der Waals surface area contributed by atoms with Crippen molar-refractivity contribution in [2.75, 3.05) is 14.1 Å². The van der Waals surface area contributed by atoms with Gasteiger partial charge in [-0.3, -0.25) is 4.79 Å². The summed E-state index contributed by atoms with van der Waals surface area (Å²) in [7, 11) is 3.66. The Morgan fingerprint density at radius 3 is 2.16 bits per heavy atom. The summed E-state index contributed by atoms with van der Waals surface area (Å²) in [5.74, 6) is -2.30. The van der Waals surface area contributed by atoms with E-state index < -0.39 is 17.4 Å². The first-order valence-corrected chi connectivity index (χ1v) is 5.61. The molecule has 0 spiro atoms. The first kappa shape index (κ1) is 14.5. The molecule has 0 aliphatic heterocycles. The molecule has 0 bridgehead atoms. The second-order valence-electron chi connectivity index (χ2n) is 4.06. The van der Waals surface area contributed by atoms with E-state index in [-0.39, 0.29) is 0 Å². The molecular formula is C14H16N2O3. The molecule has 0 aliphatic carbocycles. The Labute approximate surface area is 111 Å². The summed E-state index contributed by atoms with van der Waals surface area (Å²) in [6.45, 7) is 0. The number of hydrogen-bond acceptors (Lipinski definition) is 3. The van der Waals surface area contributed by atoms with E-state index in [0.29, 0.717) is 0 Å². The van der Waals surface area contributed by atoms with Gasteiger partial charge in [-0.15, -0.1) is 0 Å². The second kappa shape index (κ2) is 6.39. The Hall–Kier alpha value is -2.56. The fourth-order valence-corrected chi connectivity index (χ4v) is 1.53. The quantitative estimate of drug-likeness (QED) is 0.359. The van der Waals surface area contributed by atoms with E-state index in [1.54, 1.807) is 6.08 Å². The van der Waals surface area contributed by atoms with Gasteiger partial charge in [-0.1, -0.05) is 30.3 Å². The van der Waals surface area contributed by atoms with Gasteiger partial charge in [0.25, 0.3) is 5.91 Å². The van der Waals surface area contributed by atoms with Gasteiger partial charge in [0.05, 0.1) is 0 Å². The van der Waals surface area contributed by atoms with E-state index >= 15 is 0 Å². The van der Waals surface area contributed by atoms with Gasteiger partial charge in [0.1, 0.15) is 5.57 Å². The van der Waals surface area contributed by atoms with Gasteiger partial charge in [0.15, 0.2) is 0 Å². The SMILES string of the molecule is CN(C)C(=CC=C(C(N)=O)C(=O)O)c1ccccc1. The van der Waals surface area contributed by atoms with Crippen LogP contribution in [0.1, 0.15) is 5.56 Å². The number of carboxylic acid groups (broad SMARTS) is 1. The number of nitrogens with zero attached hydrogens (tertiary/aromatic N) is 1. The molecule has 0 saturated heterocycles. The summed E-state index contributed by atoms with van der Waals surface area (Å²) in [6, 6.07) is 9.43. The average Bonchev–Trinajstić information content (AvgIpc) is 2.34. The van der Waals surface area contributed by atoms with E-state index in [1.165, 1.54) is 6.08 Å². The Bertz CT molecular complexity index is 515. The Balaban J connectivity index is 3.21. The number of carbonyl (C=O) groups excluding carboxylic acids is 1. The highest BCUT2D eigenvalue weighted by Gasteiger charge is 2.12. The van der Waals surface area contributed by atoms with Crippen LogP contribution >= 0.6 is 0 Å². The maximum Gasteiger partial charge on any atom is 0.341 e. The molecule has 0 unspecified atom stereocenters. The predicted molar refractivity (Wildman–Crippen MR) is 73.0 cm³/mol. The molecule has 5 nitrogen and oxygen atoms in total. The fraction of sp³-hybridized carbons (Fsp3) is 0.143. The maximum absolute atomic E-state index is 11.0. The molecule has 1 amide bonds. The molecular weight excluding hydrogens is 244 g/mol. The molecule has 5 heteroatoms. The topological polar surface area (TPSA) is 83.6 Å². The smallest absolute Gasteiger partial charge is 0.341 e. The van der Waals surface area contributed by atoms with E-state index in [1.807, 2.05) is 49.3 Å². The molecule has 0 atom stereocenters. The minimum Gasteiger partial charge on any atom is -0.477 e. The molecule has 0 saturated carbocycles. The number of rotatable bonds is 5. The fourth-order valence-electron chi connectivity index (χ4n) is 1.53. The molecule has 1 rings (SSSR count). The van der Waals surface area contributed by atoms with E-state index in [9.17, 15) is 9.59 Å². The van der Waals surface area contributed by atoms with Crippen molar-refractivity contribution in [3.05, 3.63) is 53.6 Å². The second-order valence-corrected chi connectivity index (χ2v) is 4.06. The first-order valence-electron chi connectivity index (χ1n) is 5.61. The van der Waals surface area contributed by atoms with Crippen LogP contribution in [0.2, 0.25) is 0 Å². The zero-order valence-corrected chi connectivity index (χ0v) is 10.8. The summed E-state index contributed by atoms with van der Waals surface area (Å²) >= 11 is 0. The number of benzene rings is 1. The van der Waals surface area contributed by atoms with Crippen LogP contribution in [-0.4, -0.2) is 36.0 Å². The van der Waals surface area contributed by atoms with E-state index in [0.717, 1.165) is 11.3 Å². The van der Waals surface area contributed by atoms with Crippen LogP contribution in [0.4, 0.5) is 0 Å². The lowest BCUT2D eigenvalue weighted by Crippen LogP contribution is -2.20. The zero-order chi connectivity index (χ0) is 14.4. The van der Waals surface area contributed by atoms with Crippen molar-refractivity contribution in [3.63, 3.8) is 0 Å². The summed E-state index contributed by atoms with van der Waals surface area (Å²) in [5, 5.41) is 8.85. The average molecular weight is 260 g/mol. The molecule has 1 aromatic rings. The molecule has 100 valence electrons. The largest absolute Gasteiger partial charge is 0.477 e. The third kappa shape index (κ3) is 3.99. The van der Waals surface area contributed by atoms with Crippen LogP contribution in [0, 0.1) is 0 Å². The van der Waals surface area contributed by atoms with E-state index in [2.05, 4.69) is 0 Å². The normalized spacial score (nSPS) is 12.1. The Morgan fingerprint density at radius 1 is 1.16 bits per heavy atom. The lowest BCUT2D eigenvalue weighted by Gasteiger charge is -2.17. The maximum atomic E-state index is 11.0. The van der Waals surface area contributed by atoms with Crippen LogP contribution < -0.4 is 5.73 Å². The van der Waals surface area contributed by atoms with Crippen molar-refractivity contribution in [2.24, 2.45) is 5.73 Å². The van der Waals surface area contributed by atoms with Crippen molar-refractivity contribution in [1.29, 1.82) is 0 Å². The van der Waals surface area contributed by atoms with Gasteiger partial charge in [-0.25, -0.2) is 4.79 Å². The number of carboxylic acids is 1. The first-order chi connectivity index (χ1) is 8.93. The third-order valence-electron chi connectivity index (χ3n) is 2.46. The van der Waals surface area contributed by atoms with Gasteiger partial charge >= 0.3 is 5.97 Å². The lowest BCUT2D eigenvalue weighted by molar-refractivity contribution is -0.134. The van der Waals surface area contributed by atoms with Crippen LogP contribution in [0.25, 0.3) is 5.70 Å². The number of hydrogen-bond donors (Lipinski definition) is 2. The third-order valence-corrected chi connectivity index (χ3v) is 2.46. The number of nitrogens with two attached hydrogens (primary N) is 1. The Morgan fingerprint density at radius 2 is 1.74 bits per heavy atom. The lowest BCUT2D eigenvalue weighted by atomic mass is 10.1. The highest BCUT2D eigenvalue weighted by Crippen LogP contribution is 2.16. The molecule has 0 fully saturated rings. The van der Waals surface area contributed by atoms with Crippen molar-refractivity contribution in [3.8, 4) is 0 Å². The molecule has 3 N–H and O–H groups in total. The molecule has 19 heavy (non-hydrogen) atoms. The summed E-state index contributed by atoms with van der Waals surface area (Å²) in [5.41, 5.74) is 6.25. The zero-order valence-electron chi connectivity index (χ0n) is 10.8. The number of allylic oxidation sites excluding steroid dienone is 2. The number of carbonyl (C=O) groups is 2. The predicted octanol–water partition coefficient (Wildman–Crippen LogP) is 1.09. The van der Waals surface area contributed by atoms with Crippen LogP contribution in [0.3, 0.4) is 0 Å². The molecule has 0 aromatic heterocycles. The minimum absolute atomic E-state index is 0.449. The van der Waals surface area contributed by atoms with Gasteiger partial charge in [0.2, 0.25) is 0 Å². The van der Waals surface area contributed by atoms with Gasteiger partial charge in [0, 0.05) is 19.8 Å². The number of amides is 1. The summed E-state index contributed by atoms with van der Waals surface area (Å²) in [4.78, 5) is 23.7. The van der Waals surface area contributed by atoms with Crippen molar-refractivity contribution >= 4 is 17.6 Å². The van der Waals surface area contributed by atoms with Crippen molar-refractivity contribution < 1.29 is 14.7 Å². The van der Waals surface area contributed by atoms with Gasteiger partial charge in [-0.2, -0.15) is 0 Å². The van der Waals surface area contributed by atoms with Crippen LogP contribution in [0.5, 0.6) is 0 Å². The van der Waals surface area contributed by atoms with Gasteiger partial charge in [-0.05, 0) is 17.7 Å². The highest BCUT2D eigenvalue weighted by molar-refractivity contribution is 6.15. The van der Waals surface area contributed by atoms with Gasteiger partial charge < -0.3 is 15.7 Å². The Kier molecular flexibility index (Phi) is 4.88. The molecule has 1 aromatic carbocycles. The standard InChI is InChI=1S/C14H16N2O3/c1-16(2)12(10-6-4-3-5-7-10)9-8-11(13(15)17)14(18)19/h3-9H,1-2H3,(H2,15,17)(H,18,19). The molecule has 0 radical (unpaired) electrons. The van der Waals surface area contributed by atoms with Crippen molar-refractivity contribution in [2.45, 2.75) is 0 Å². The van der Waals surface area contributed by atoms with Crippen LogP contribution in [0.15, 0.2) is 48.1 Å². The van der Waals surface area contributed by atoms with Crippen LogP contribution in [-0.2, 0) is 9.59 Å². The molecule has 0 heterocycles. The van der Waals surface area contributed by atoms with Crippen molar-refractivity contribution in [1.82, 2.24) is 4.90 Å².